The van der Waals surface area contributed by atoms with Gasteiger partial charge in [0.2, 0.25) is 11.8 Å². The predicted molar refractivity (Wildman–Crippen MR) is 149 cm³/mol. The summed E-state index contributed by atoms with van der Waals surface area (Å²) < 4.78 is 19.1. The molecule has 1 fully saturated rings. The first kappa shape index (κ1) is 26.7. The van der Waals surface area contributed by atoms with Crippen molar-refractivity contribution in [1.82, 2.24) is 9.80 Å². The van der Waals surface area contributed by atoms with Crippen LogP contribution in [0.4, 0.5) is 4.39 Å². The molecule has 202 valence electrons. The Bertz CT molecular complexity index is 1280. The molecule has 0 saturated heterocycles. The van der Waals surface area contributed by atoms with Crippen LogP contribution < -0.4 is 4.74 Å². The number of amides is 2. The fourth-order valence-corrected chi connectivity index (χ4v) is 5.74. The van der Waals surface area contributed by atoms with Gasteiger partial charge < -0.3 is 14.5 Å². The normalized spacial score (nSPS) is 20.9. The fourth-order valence-electron chi connectivity index (χ4n) is 5.74. The average molecular weight is 527 g/mol. The molecule has 1 aliphatic carbocycles. The van der Waals surface area contributed by atoms with E-state index < -0.39 is 6.04 Å². The highest BCUT2D eigenvalue weighted by Gasteiger charge is 2.39. The molecule has 1 heterocycles. The molecule has 0 spiro atoms. The first-order chi connectivity index (χ1) is 19.0. The van der Waals surface area contributed by atoms with E-state index >= 15 is 0 Å². The topological polar surface area (TPSA) is 49.9 Å². The van der Waals surface area contributed by atoms with Crippen molar-refractivity contribution in [1.29, 1.82) is 0 Å². The molecule has 0 unspecified atom stereocenters. The Kier molecular flexibility index (Phi) is 8.40. The molecule has 2 amide bonds. The number of halogens is 1. The van der Waals surface area contributed by atoms with E-state index in [2.05, 4.69) is 0 Å². The number of hydrogen-bond donors (Lipinski definition) is 0. The van der Waals surface area contributed by atoms with Crippen LogP contribution >= 0.6 is 0 Å². The van der Waals surface area contributed by atoms with Crippen LogP contribution in [0.3, 0.4) is 0 Å². The Morgan fingerprint density at radius 1 is 0.923 bits per heavy atom. The number of carbonyl (C=O) groups excluding carboxylic acids is 2. The minimum absolute atomic E-state index is 0.0353. The second kappa shape index (κ2) is 12.3. The number of benzene rings is 3. The predicted octanol–water partition coefficient (Wildman–Crippen LogP) is 6.10. The van der Waals surface area contributed by atoms with Gasteiger partial charge in [0.15, 0.2) is 0 Å². The van der Waals surface area contributed by atoms with Gasteiger partial charge in [0, 0.05) is 25.4 Å². The van der Waals surface area contributed by atoms with Crippen LogP contribution in [-0.4, -0.2) is 41.3 Å². The second-order valence-corrected chi connectivity index (χ2v) is 10.4. The highest BCUT2D eigenvalue weighted by molar-refractivity contribution is 5.89. The highest BCUT2D eigenvalue weighted by Crippen LogP contribution is 2.32. The third-order valence-corrected chi connectivity index (χ3v) is 7.88. The molecule has 2 aliphatic rings. The first-order valence-corrected chi connectivity index (χ1v) is 13.7. The van der Waals surface area contributed by atoms with Crippen LogP contribution in [0.1, 0.15) is 48.4 Å². The maximum absolute atomic E-state index is 14.6. The molecule has 2 atom stereocenters. The lowest BCUT2D eigenvalue weighted by atomic mass is 9.95. The van der Waals surface area contributed by atoms with E-state index in [0.29, 0.717) is 13.0 Å². The van der Waals surface area contributed by atoms with Gasteiger partial charge in [0.1, 0.15) is 17.6 Å². The summed E-state index contributed by atoms with van der Waals surface area (Å²) >= 11 is 0. The van der Waals surface area contributed by atoms with Gasteiger partial charge in [0.25, 0.3) is 0 Å². The Balaban J connectivity index is 1.56. The Morgan fingerprint density at radius 2 is 1.62 bits per heavy atom. The van der Waals surface area contributed by atoms with Gasteiger partial charge >= 0.3 is 0 Å². The smallest absolute Gasteiger partial charge is 0.246 e. The number of nitrogens with zero attached hydrogens (tertiary/aromatic N) is 2. The third kappa shape index (κ3) is 6.22. The van der Waals surface area contributed by atoms with Gasteiger partial charge in [-0.1, -0.05) is 79.6 Å². The van der Waals surface area contributed by atoms with Crippen molar-refractivity contribution in [2.45, 2.75) is 50.7 Å². The number of methoxy groups -OCH3 is 1. The third-order valence-electron chi connectivity index (χ3n) is 7.88. The average Bonchev–Trinajstić information content (AvgIpc) is 3.51. The van der Waals surface area contributed by atoms with Crippen molar-refractivity contribution in [3.8, 4) is 5.75 Å². The number of hydrogen-bond acceptors (Lipinski definition) is 3. The molecule has 0 N–H and O–H groups in total. The maximum Gasteiger partial charge on any atom is 0.246 e. The Morgan fingerprint density at radius 3 is 2.28 bits per heavy atom. The summed E-state index contributed by atoms with van der Waals surface area (Å²) in [5.74, 6) is 0.336. The van der Waals surface area contributed by atoms with Crippen LogP contribution in [-0.2, 0) is 22.6 Å². The van der Waals surface area contributed by atoms with Crippen molar-refractivity contribution in [2.24, 2.45) is 5.92 Å². The molecule has 5 nitrogen and oxygen atoms in total. The lowest BCUT2D eigenvalue weighted by molar-refractivity contribution is -0.149. The zero-order chi connectivity index (χ0) is 27.2. The van der Waals surface area contributed by atoms with Crippen LogP contribution in [0.15, 0.2) is 91.0 Å². The van der Waals surface area contributed by atoms with Crippen LogP contribution in [0, 0.1) is 11.7 Å². The molecule has 3 aromatic carbocycles. The van der Waals surface area contributed by atoms with Crippen LogP contribution in [0.2, 0.25) is 0 Å². The van der Waals surface area contributed by atoms with E-state index in [0.717, 1.165) is 48.1 Å². The fraction of sp³-hybridized carbons (Fsp3) is 0.333. The minimum atomic E-state index is -0.647. The molecular weight excluding hydrogens is 491 g/mol. The van der Waals surface area contributed by atoms with E-state index in [1.54, 1.807) is 24.1 Å². The molecule has 1 saturated carbocycles. The lowest BCUT2D eigenvalue weighted by Crippen LogP contribution is -2.54. The zero-order valence-corrected chi connectivity index (χ0v) is 22.3. The maximum atomic E-state index is 14.6. The van der Waals surface area contributed by atoms with E-state index in [1.165, 1.54) is 12.1 Å². The highest BCUT2D eigenvalue weighted by atomic mass is 19.1. The van der Waals surface area contributed by atoms with Crippen LogP contribution in [0.25, 0.3) is 0 Å². The number of carbonyl (C=O) groups is 2. The lowest BCUT2D eigenvalue weighted by Gasteiger charge is -2.40. The molecular formula is C33H35FN2O3. The molecule has 5 rings (SSSR count). The summed E-state index contributed by atoms with van der Waals surface area (Å²) in [6.07, 6.45) is 8.31. The van der Waals surface area contributed by atoms with Gasteiger partial charge in [-0.15, -0.1) is 0 Å². The van der Waals surface area contributed by atoms with Gasteiger partial charge in [0.05, 0.1) is 13.2 Å². The summed E-state index contributed by atoms with van der Waals surface area (Å²) in [6, 6.07) is 22.9. The minimum Gasteiger partial charge on any atom is -0.497 e. The quantitative estimate of drug-likeness (QED) is 0.350. The van der Waals surface area contributed by atoms with E-state index in [4.69, 9.17) is 4.74 Å². The summed E-state index contributed by atoms with van der Waals surface area (Å²) in [4.78, 5) is 32.0. The van der Waals surface area contributed by atoms with Crippen molar-refractivity contribution in [3.05, 3.63) is 114 Å². The van der Waals surface area contributed by atoms with E-state index in [-0.39, 0.29) is 36.1 Å². The molecule has 39 heavy (non-hydrogen) atoms. The molecule has 0 aromatic heterocycles. The Labute approximate surface area is 229 Å². The van der Waals surface area contributed by atoms with Gasteiger partial charge in [-0.2, -0.15) is 0 Å². The van der Waals surface area contributed by atoms with Crippen molar-refractivity contribution in [3.63, 3.8) is 0 Å². The van der Waals surface area contributed by atoms with Crippen LogP contribution in [0.5, 0.6) is 5.75 Å². The van der Waals surface area contributed by atoms with Crippen molar-refractivity contribution < 1.29 is 18.7 Å². The summed E-state index contributed by atoms with van der Waals surface area (Å²) in [5, 5.41) is 0. The van der Waals surface area contributed by atoms with Crippen molar-refractivity contribution in [2.75, 3.05) is 13.7 Å². The molecule has 0 bridgehead atoms. The SMILES string of the molecule is COc1ccc([C@H]2/C=C\CN(C(=O)C3CCCC3)[C@@H](Cc3ccccc3)C(=O)N2Cc2ccc(F)cc2)cc1. The molecule has 1 aliphatic heterocycles. The molecule has 6 heteroatoms. The monoisotopic (exact) mass is 526 g/mol. The standard InChI is InChI=1S/C33H35FN2O3/c1-39-29-19-15-26(16-20-29)30-12-7-21-35(32(37)27-10-5-6-11-27)31(22-24-8-3-2-4-9-24)33(38)36(30)23-25-13-17-28(34)18-14-25/h2-4,7-9,12-20,27,30-31H,5-6,10-11,21-23H2,1H3/b12-7-/t30-,31+/m1/s1. The summed E-state index contributed by atoms with van der Waals surface area (Å²) in [7, 11) is 1.62. The van der Waals surface area contributed by atoms with Gasteiger partial charge in [-0.25, -0.2) is 4.39 Å². The largest absolute Gasteiger partial charge is 0.497 e. The Hall–Kier alpha value is -3.93. The molecule has 0 radical (unpaired) electrons. The number of rotatable bonds is 7. The first-order valence-electron chi connectivity index (χ1n) is 13.7. The van der Waals surface area contributed by atoms with E-state index in [9.17, 15) is 14.0 Å². The van der Waals surface area contributed by atoms with Crippen molar-refractivity contribution >= 4 is 11.8 Å². The second-order valence-electron chi connectivity index (χ2n) is 10.4. The summed E-state index contributed by atoms with van der Waals surface area (Å²) in [5.41, 5.74) is 2.77. The zero-order valence-electron chi connectivity index (χ0n) is 22.3. The van der Waals surface area contributed by atoms with E-state index in [1.807, 2.05) is 71.6 Å². The molecule has 3 aromatic rings. The summed E-state index contributed by atoms with van der Waals surface area (Å²) in [6.45, 7) is 0.673. The van der Waals surface area contributed by atoms with Gasteiger partial charge in [-0.05, 0) is 53.8 Å². The number of ether oxygens (including phenoxy) is 1. The van der Waals surface area contributed by atoms with Gasteiger partial charge in [-0.3, -0.25) is 9.59 Å².